The molecule has 2 aromatic rings. The quantitative estimate of drug-likeness (QED) is 0.897. The second kappa shape index (κ2) is 6.94. The molecule has 0 unspecified atom stereocenters. The number of amides is 1. The van der Waals surface area contributed by atoms with Crippen LogP contribution < -0.4 is 5.32 Å². The predicted molar refractivity (Wildman–Crippen MR) is 93.2 cm³/mol. The first-order valence-corrected chi connectivity index (χ1v) is 9.76. The minimum Gasteiger partial charge on any atom is -0.359 e. The molecule has 130 valence electrons. The molecule has 1 aromatic heterocycles. The van der Waals surface area contributed by atoms with Gasteiger partial charge in [-0.3, -0.25) is 4.79 Å². The SMILES string of the molecule is CNC(=O)CCn1ccc2cc(S(=O)(=O)N3CCCCC3)ccc21. The number of carbonyl (C=O) groups is 1. The van der Waals surface area contributed by atoms with Crippen LogP contribution in [0.3, 0.4) is 0 Å². The van der Waals surface area contributed by atoms with E-state index in [-0.39, 0.29) is 5.91 Å². The molecule has 3 rings (SSSR count). The Kier molecular flexibility index (Phi) is 4.91. The molecule has 0 aliphatic carbocycles. The number of hydrogen-bond donors (Lipinski definition) is 1. The van der Waals surface area contributed by atoms with Gasteiger partial charge in [0, 0.05) is 50.2 Å². The smallest absolute Gasteiger partial charge is 0.243 e. The van der Waals surface area contributed by atoms with Gasteiger partial charge in [-0.25, -0.2) is 8.42 Å². The number of fused-ring (bicyclic) bond motifs is 1. The second-order valence-corrected chi connectivity index (χ2v) is 8.06. The average Bonchev–Trinajstić information content (AvgIpc) is 3.02. The Morgan fingerprint density at radius 2 is 1.92 bits per heavy atom. The molecule has 0 spiro atoms. The molecule has 1 N–H and O–H groups in total. The molecule has 1 saturated heterocycles. The van der Waals surface area contributed by atoms with Gasteiger partial charge in [0.2, 0.25) is 15.9 Å². The minimum absolute atomic E-state index is 0.0128. The van der Waals surface area contributed by atoms with Crippen LogP contribution in [0.15, 0.2) is 35.4 Å². The molecule has 0 bridgehead atoms. The Morgan fingerprint density at radius 1 is 1.17 bits per heavy atom. The standard InChI is InChI=1S/C17H23N3O3S/c1-18-17(21)8-12-19-11-7-14-13-15(5-6-16(14)19)24(22,23)20-9-3-2-4-10-20/h5-7,11,13H,2-4,8-10,12H2,1H3,(H,18,21). The Balaban J connectivity index is 1.85. The van der Waals surface area contributed by atoms with Crippen molar-refractivity contribution in [3.05, 3.63) is 30.5 Å². The summed E-state index contributed by atoms with van der Waals surface area (Å²) in [5.74, 6) is -0.0128. The highest BCUT2D eigenvalue weighted by atomic mass is 32.2. The van der Waals surface area contributed by atoms with Gasteiger partial charge < -0.3 is 9.88 Å². The summed E-state index contributed by atoms with van der Waals surface area (Å²) >= 11 is 0. The van der Waals surface area contributed by atoms with Crippen LogP contribution in [-0.4, -0.2) is 43.3 Å². The third kappa shape index (κ3) is 3.32. The maximum absolute atomic E-state index is 12.8. The van der Waals surface area contributed by atoms with Gasteiger partial charge in [-0.1, -0.05) is 6.42 Å². The Bertz CT molecular complexity index is 836. The number of benzene rings is 1. The van der Waals surface area contributed by atoms with Gasteiger partial charge >= 0.3 is 0 Å². The third-order valence-electron chi connectivity index (χ3n) is 4.55. The average molecular weight is 349 g/mol. The second-order valence-electron chi connectivity index (χ2n) is 6.12. The number of nitrogens with zero attached hydrogens (tertiary/aromatic N) is 2. The normalized spacial score (nSPS) is 16.4. The number of hydrogen-bond acceptors (Lipinski definition) is 3. The number of aryl methyl sites for hydroxylation is 1. The van der Waals surface area contributed by atoms with Crippen LogP contribution in [0.5, 0.6) is 0 Å². The van der Waals surface area contributed by atoms with Gasteiger partial charge in [0.15, 0.2) is 0 Å². The van der Waals surface area contributed by atoms with Crippen LogP contribution >= 0.6 is 0 Å². The monoisotopic (exact) mass is 349 g/mol. The lowest BCUT2D eigenvalue weighted by molar-refractivity contribution is -0.120. The summed E-state index contributed by atoms with van der Waals surface area (Å²) < 4.78 is 29.1. The van der Waals surface area contributed by atoms with Gasteiger partial charge in [0.1, 0.15) is 0 Å². The zero-order chi connectivity index (χ0) is 17.2. The molecule has 0 atom stereocenters. The molecule has 0 saturated carbocycles. The third-order valence-corrected chi connectivity index (χ3v) is 6.45. The van der Waals surface area contributed by atoms with E-state index in [4.69, 9.17) is 0 Å². The van der Waals surface area contributed by atoms with Crippen molar-refractivity contribution in [3.63, 3.8) is 0 Å². The summed E-state index contributed by atoms with van der Waals surface area (Å²) in [5, 5.41) is 3.48. The molecule has 1 aliphatic heterocycles. The van der Waals surface area contributed by atoms with Crippen molar-refractivity contribution in [3.8, 4) is 0 Å². The van der Waals surface area contributed by atoms with Crippen molar-refractivity contribution in [1.82, 2.24) is 14.2 Å². The van der Waals surface area contributed by atoms with Gasteiger partial charge in [0.05, 0.1) is 4.90 Å². The number of aromatic nitrogens is 1. The molecule has 1 fully saturated rings. The highest BCUT2D eigenvalue weighted by molar-refractivity contribution is 7.89. The van der Waals surface area contributed by atoms with Gasteiger partial charge in [-0.15, -0.1) is 0 Å². The van der Waals surface area contributed by atoms with E-state index in [2.05, 4.69) is 5.32 Å². The minimum atomic E-state index is -3.41. The fourth-order valence-corrected chi connectivity index (χ4v) is 4.69. The molecule has 7 heteroatoms. The van der Waals surface area contributed by atoms with E-state index in [0.717, 1.165) is 30.2 Å². The molecule has 1 amide bonds. The topological polar surface area (TPSA) is 71.4 Å². The van der Waals surface area contributed by atoms with Crippen LogP contribution in [0.1, 0.15) is 25.7 Å². The molecule has 1 aliphatic rings. The first kappa shape index (κ1) is 17.0. The van der Waals surface area contributed by atoms with Crippen LogP contribution in [0.2, 0.25) is 0 Å². The Labute approximate surface area is 142 Å². The number of piperidine rings is 1. The summed E-state index contributed by atoms with van der Waals surface area (Å²) in [6, 6.07) is 7.13. The Morgan fingerprint density at radius 3 is 2.62 bits per heavy atom. The first-order valence-electron chi connectivity index (χ1n) is 8.32. The lowest BCUT2D eigenvalue weighted by atomic mass is 10.2. The van der Waals surface area contributed by atoms with Crippen molar-refractivity contribution in [1.29, 1.82) is 0 Å². The summed E-state index contributed by atoms with van der Waals surface area (Å²) in [6.45, 7) is 1.78. The van der Waals surface area contributed by atoms with E-state index >= 15 is 0 Å². The lowest BCUT2D eigenvalue weighted by Crippen LogP contribution is -2.35. The molecular weight excluding hydrogens is 326 g/mol. The molecule has 0 radical (unpaired) electrons. The van der Waals surface area contributed by atoms with E-state index in [1.807, 2.05) is 22.9 Å². The van der Waals surface area contributed by atoms with Gasteiger partial charge in [-0.2, -0.15) is 4.31 Å². The summed E-state index contributed by atoms with van der Waals surface area (Å²) in [5.41, 5.74) is 0.941. The maximum Gasteiger partial charge on any atom is 0.243 e. The zero-order valence-corrected chi connectivity index (χ0v) is 14.7. The number of rotatable bonds is 5. The summed E-state index contributed by atoms with van der Waals surface area (Å²) in [4.78, 5) is 11.7. The van der Waals surface area contributed by atoms with Crippen LogP contribution in [0.4, 0.5) is 0 Å². The number of nitrogens with one attached hydrogen (secondary N) is 1. The summed E-state index contributed by atoms with van der Waals surface area (Å²) in [6.07, 6.45) is 5.24. The first-order chi connectivity index (χ1) is 11.5. The van der Waals surface area contributed by atoms with Crippen molar-refractivity contribution >= 4 is 26.8 Å². The molecular formula is C17H23N3O3S. The van der Waals surface area contributed by atoms with Gasteiger partial charge in [-0.05, 0) is 37.1 Å². The zero-order valence-electron chi connectivity index (χ0n) is 13.9. The molecule has 24 heavy (non-hydrogen) atoms. The number of carbonyl (C=O) groups excluding carboxylic acids is 1. The van der Waals surface area contributed by atoms with Crippen molar-refractivity contribution in [2.45, 2.75) is 37.1 Å². The molecule has 2 heterocycles. The summed E-state index contributed by atoms with van der Waals surface area (Å²) in [7, 11) is -1.80. The van der Waals surface area contributed by atoms with Gasteiger partial charge in [0.25, 0.3) is 0 Å². The van der Waals surface area contributed by atoms with E-state index in [0.29, 0.717) is 31.0 Å². The van der Waals surface area contributed by atoms with Crippen LogP contribution in [-0.2, 0) is 21.4 Å². The van der Waals surface area contributed by atoms with Crippen molar-refractivity contribution in [2.75, 3.05) is 20.1 Å². The van der Waals surface area contributed by atoms with Crippen molar-refractivity contribution in [2.24, 2.45) is 0 Å². The number of sulfonamides is 1. The fraction of sp³-hybridized carbons (Fsp3) is 0.471. The van der Waals surface area contributed by atoms with E-state index in [1.54, 1.807) is 23.5 Å². The van der Waals surface area contributed by atoms with E-state index in [1.165, 1.54) is 0 Å². The van der Waals surface area contributed by atoms with Crippen LogP contribution in [0.25, 0.3) is 10.9 Å². The highest BCUT2D eigenvalue weighted by Gasteiger charge is 2.26. The Hall–Kier alpha value is -1.86. The lowest BCUT2D eigenvalue weighted by Gasteiger charge is -2.25. The van der Waals surface area contributed by atoms with E-state index < -0.39 is 10.0 Å². The predicted octanol–water partition coefficient (Wildman–Crippen LogP) is 1.95. The molecule has 6 nitrogen and oxygen atoms in total. The fourth-order valence-electron chi connectivity index (χ4n) is 3.13. The highest BCUT2D eigenvalue weighted by Crippen LogP contribution is 2.25. The molecule has 1 aromatic carbocycles. The van der Waals surface area contributed by atoms with E-state index in [9.17, 15) is 13.2 Å². The van der Waals surface area contributed by atoms with Crippen LogP contribution in [0, 0.1) is 0 Å². The van der Waals surface area contributed by atoms with Crippen molar-refractivity contribution < 1.29 is 13.2 Å². The largest absolute Gasteiger partial charge is 0.359 e. The maximum atomic E-state index is 12.8.